The van der Waals surface area contributed by atoms with Crippen molar-refractivity contribution in [3.63, 3.8) is 0 Å². The first-order valence-corrected chi connectivity index (χ1v) is 8.86. The summed E-state index contributed by atoms with van der Waals surface area (Å²) in [6.45, 7) is 0.0711. The predicted octanol–water partition coefficient (Wildman–Crippen LogP) is 4.27. The molecule has 2 rings (SSSR count). The molecular weight excluding hydrogens is 448 g/mol. The van der Waals surface area contributed by atoms with Gasteiger partial charge in [0.1, 0.15) is 12.1 Å². The fraction of sp³-hybridized carbons (Fsp3) is 0.167. The molecule has 0 radical (unpaired) electrons. The number of carbonyl (C=O) groups excluding carboxylic acids is 1. The zero-order valence-corrected chi connectivity index (χ0v) is 16.8. The molecule has 160 valence electrons. The lowest BCUT2D eigenvalue weighted by atomic mass is 10.2. The van der Waals surface area contributed by atoms with Crippen molar-refractivity contribution >= 4 is 47.0 Å². The molecule has 0 aliphatic heterocycles. The number of nitrogens with zero attached hydrogens (tertiary/aromatic N) is 3. The Balaban J connectivity index is 1.99. The third-order valence-corrected chi connectivity index (χ3v) is 4.12. The maximum Gasteiger partial charge on any atom is 0.573 e. The average Bonchev–Trinajstić information content (AvgIpc) is 2.65. The van der Waals surface area contributed by atoms with Gasteiger partial charge in [0.2, 0.25) is 0 Å². The van der Waals surface area contributed by atoms with Crippen LogP contribution in [0.1, 0.15) is 5.56 Å². The third-order valence-electron chi connectivity index (χ3n) is 3.55. The van der Waals surface area contributed by atoms with Gasteiger partial charge in [-0.05, 0) is 29.8 Å². The van der Waals surface area contributed by atoms with E-state index in [9.17, 15) is 23.1 Å². The number of carbonyl (C=O) groups is 1. The molecule has 7 nitrogen and oxygen atoms in total. The van der Waals surface area contributed by atoms with Gasteiger partial charge < -0.3 is 20.5 Å². The van der Waals surface area contributed by atoms with E-state index in [2.05, 4.69) is 14.7 Å². The Morgan fingerprint density at radius 1 is 1.23 bits per heavy atom. The third kappa shape index (κ3) is 6.82. The van der Waals surface area contributed by atoms with Gasteiger partial charge in [-0.2, -0.15) is 0 Å². The van der Waals surface area contributed by atoms with Crippen molar-refractivity contribution in [3.8, 4) is 11.5 Å². The smallest absolute Gasteiger partial charge is 0.505 e. The van der Waals surface area contributed by atoms with E-state index in [0.717, 1.165) is 18.5 Å². The van der Waals surface area contributed by atoms with Crippen LogP contribution in [0.5, 0.6) is 11.5 Å². The van der Waals surface area contributed by atoms with Crippen LogP contribution in [0.3, 0.4) is 0 Å². The Bertz CT molecular complexity index is 957. The van der Waals surface area contributed by atoms with E-state index < -0.39 is 12.3 Å². The minimum absolute atomic E-state index is 0.00550. The Morgan fingerprint density at radius 3 is 2.33 bits per heavy atom. The van der Waals surface area contributed by atoms with E-state index in [0.29, 0.717) is 5.56 Å². The second-order valence-electron chi connectivity index (χ2n) is 5.87. The highest BCUT2D eigenvalue weighted by molar-refractivity contribution is 6.38. The van der Waals surface area contributed by atoms with Crippen molar-refractivity contribution in [1.29, 1.82) is 0 Å². The Morgan fingerprint density at radius 2 is 1.80 bits per heavy atom. The van der Waals surface area contributed by atoms with Gasteiger partial charge in [0, 0.05) is 13.6 Å². The molecule has 0 saturated heterocycles. The number of alkyl halides is 3. The zero-order chi connectivity index (χ0) is 22.5. The molecule has 0 aliphatic rings. The standard InChI is InChI=1S/C18H15Cl2F3N4O3/c1-27(8-10-2-4-12(5-3-10)30-18(21,22)23)17(29)16(24)26-9-25-11-6-13(19)15(28)14(20)7-11/h2-7,9,28H,8H2,1H3,(H2,24,25,26). The summed E-state index contributed by atoms with van der Waals surface area (Å²) < 4.78 is 40.3. The number of rotatable bonds is 5. The highest BCUT2D eigenvalue weighted by Gasteiger charge is 2.31. The highest BCUT2D eigenvalue weighted by Crippen LogP contribution is 2.35. The first-order valence-electron chi connectivity index (χ1n) is 8.10. The number of aliphatic imine (C=N–C) groups is 2. The molecule has 0 atom stereocenters. The van der Waals surface area contributed by atoms with Crippen LogP contribution in [-0.4, -0.2) is 41.5 Å². The van der Waals surface area contributed by atoms with Crippen LogP contribution < -0.4 is 10.5 Å². The topological polar surface area (TPSA) is 101 Å². The molecule has 2 aromatic rings. The molecule has 0 aromatic heterocycles. The molecule has 30 heavy (non-hydrogen) atoms. The second-order valence-corrected chi connectivity index (χ2v) is 6.68. The fourth-order valence-corrected chi connectivity index (χ4v) is 2.65. The van der Waals surface area contributed by atoms with Crippen molar-refractivity contribution < 1.29 is 27.8 Å². The van der Waals surface area contributed by atoms with Crippen molar-refractivity contribution in [1.82, 2.24) is 4.90 Å². The molecule has 0 fully saturated rings. The number of halogens is 5. The summed E-state index contributed by atoms with van der Waals surface area (Å²) in [5, 5.41) is 9.48. The van der Waals surface area contributed by atoms with E-state index in [4.69, 9.17) is 28.9 Å². The Hall–Kier alpha value is -2.98. The molecule has 0 unspecified atom stereocenters. The van der Waals surface area contributed by atoms with Gasteiger partial charge in [-0.15, -0.1) is 13.2 Å². The molecule has 0 bridgehead atoms. The van der Waals surface area contributed by atoms with Crippen molar-refractivity contribution in [2.45, 2.75) is 12.9 Å². The Kier molecular flexibility index (Phi) is 7.52. The van der Waals surface area contributed by atoms with E-state index >= 15 is 0 Å². The van der Waals surface area contributed by atoms with E-state index in [1.54, 1.807) is 0 Å². The van der Waals surface area contributed by atoms with Crippen LogP contribution in [0.25, 0.3) is 0 Å². The van der Waals surface area contributed by atoms with Crippen molar-refractivity contribution in [2.24, 2.45) is 15.7 Å². The van der Waals surface area contributed by atoms with Crippen LogP contribution in [0.15, 0.2) is 46.4 Å². The SMILES string of the molecule is CN(Cc1ccc(OC(F)(F)F)cc1)C(=O)C(N)=NC=Nc1cc(Cl)c(O)c(Cl)c1. The number of benzene rings is 2. The summed E-state index contributed by atoms with van der Waals surface area (Å²) in [5.74, 6) is -1.64. The number of hydrogen-bond donors (Lipinski definition) is 2. The highest BCUT2D eigenvalue weighted by atomic mass is 35.5. The van der Waals surface area contributed by atoms with Crippen molar-refractivity contribution in [2.75, 3.05) is 7.05 Å². The minimum Gasteiger partial charge on any atom is -0.505 e. The van der Waals surface area contributed by atoms with Gasteiger partial charge in [0.15, 0.2) is 11.6 Å². The number of phenolic OH excluding ortho intramolecular Hbond substituents is 1. The molecule has 3 N–H and O–H groups in total. The number of phenols is 1. The summed E-state index contributed by atoms with van der Waals surface area (Å²) in [6, 6.07) is 7.73. The largest absolute Gasteiger partial charge is 0.573 e. The van der Waals surface area contributed by atoms with Gasteiger partial charge in [-0.25, -0.2) is 9.98 Å². The monoisotopic (exact) mass is 462 g/mol. The number of nitrogens with two attached hydrogens (primary N) is 1. The number of likely N-dealkylation sites (N-methyl/N-ethyl adjacent to an activating group) is 1. The molecule has 0 heterocycles. The number of aromatic hydroxyl groups is 1. The van der Waals surface area contributed by atoms with Crippen LogP contribution in [0.2, 0.25) is 10.0 Å². The molecule has 1 amide bonds. The van der Waals surface area contributed by atoms with Crippen LogP contribution in [0.4, 0.5) is 18.9 Å². The minimum atomic E-state index is -4.78. The van der Waals surface area contributed by atoms with Gasteiger partial charge in [0.25, 0.3) is 5.91 Å². The lowest BCUT2D eigenvalue weighted by Crippen LogP contribution is -2.37. The average molecular weight is 463 g/mol. The van der Waals surface area contributed by atoms with Gasteiger partial charge in [-0.1, -0.05) is 35.3 Å². The van der Waals surface area contributed by atoms with Gasteiger partial charge in [-0.3, -0.25) is 4.79 Å². The first kappa shape index (κ1) is 23.3. The second kappa shape index (κ2) is 9.68. The quantitative estimate of drug-likeness (QED) is 0.511. The Labute approximate surface area is 179 Å². The predicted molar refractivity (Wildman–Crippen MR) is 108 cm³/mol. The van der Waals surface area contributed by atoms with Crippen molar-refractivity contribution in [3.05, 3.63) is 52.0 Å². The fourth-order valence-electron chi connectivity index (χ4n) is 2.18. The van der Waals surface area contributed by atoms with E-state index in [1.165, 1.54) is 36.2 Å². The number of amides is 1. The first-order chi connectivity index (χ1) is 14.0. The molecule has 0 spiro atoms. The maximum atomic E-state index is 12.3. The number of hydrogen-bond acceptors (Lipinski definition) is 4. The number of amidine groups is 1. The summed E-state index contributed by atoms with van der Waals surface area (Å²) in [4.78, 5) is 21.1. The lowest BCUT2D eigenvalue weighted by molar-refractivity contribution is -0.274. The van der Waals surface area contributed by atoms with E-state index in [1.807, 2.05) is 0 Å². The molecule has 12 heteroatoms. The van der Waals surface area contributed by atoms with Crippen LogP contribution >= 0.6 is 23.2 Å². The van der Waals surface area contributed by atoms with Gasteiger partial charge >= 0.3 is 6.36 Å². The molecule has 2 aromatic carbocycles. The van der Waals surface area contributed by atoms with Crippen LogP contribution in [0, 0.1) is 0 Å². The summed E-state index contributed by atoms with van der Waals surface area (Å²) in [5.41, 5.74) is 6.47. The molecule has 0 aliphatic carbocycles. The van der Waals surface area contributed by atoms with Gasteiger partial charge in [0.05, 0.1) is 15.7 Å². The summed E-state index contributed by atoms with van der Waals surface area (Å²) >= 11 is 11.6. The lowest BCUT2D eigenvalue weighted by Gasteiger charge is -2.17. The molecule has 0 saturated carbocycles. The number of ether oxygens (including phenoxy) is 1. The van der Waals surface area contributed by atoms with E-state index in [-0.39, 0.29) is 39.6 Å². The normalized spacial score (nSPS) is 12.3. The molecular formula is C18H15Cl2F3N4O3. The summed E-state index contributed by atoms with van der Waals surface area (Å²) in [6.07, 6.45) is -3.76. The maximum absolute atomic E-state index is 12.3. The zero-order valence-electron chi connectivity index (χ0n) is 15.3. The van der Waals surface area contributed by atoms with Crippen LogP contribution in [-0.2, 0) is 11.3 Å². The summed E-state index contributed by atoms with van der Waals surface area (Å²) in [7, 11) is 1.45.